The van der Waals surface area contributed by atoms with Crippen LogP contribution >= 0.6 is 0 Å². The van der Waals surface area contributed by atoms with E-state index in [1.165, 1.54) is 0 Å². The monoisotopic (exact) mass is 333 g/mol. The zero-order valence-electron chi connectivity index (χ0n) is 14.7. The maximum absolute atomic E-state index is 12.1. The Morgan fingerprint density at radius 3 is 2.46 bits per heavy atom. The number of piperidine rings is 1. The van der Waals surface area contributed by atoms with Gasteiger partial charge in [-0.25, -0.2) is 4.79 Å². The van der Waals surface area contributed by atoms with Crippen molar-refractivity contribution in [2.75, 3.05) is 13.1 Å². The molecular formula is C18H27N3O3. The van der Waals surface area contributed by atoms with Crippen LogP contribution in [0.25, 0.3) is 0 Å². The van der Waals surface area contributed by atoms with Gasteiger partial charge in [0.05, 0.1) is 11.4 Å². The highest BCUT2D eigenvalue weighted by molar-refractivity contribution is 5.68. The molecule has 132 valence electrons. The summed E-state index contributed by atoms with van der Waals surface area (Å²) in [6.45, 7) is 10.7. The van der Waals surface area contributed by atoms with Crippen LogP contribution in [0.2, 0.25) is 0 Å². The van der Waals surface area contributed by atoms with Gasteiger partial charge in [0.1, 0.15) is 17.5 Å². The molecule has 1 aliphatic heterocycles. The van der Waals surface area contributed by atoms with E-state index in [1.54, 1.807) is 23.1 Å². The molecular weight excluding hydrogens is 306 g/mol. The average Bonchev–Trinajstić information content (AvgIpc) is 2.60. The maximum atomic E-state index is 12.1. The Labute approximate surface area is 143 Å². The van der Waals surface area contributed by atoms with Crippen molar-refractivity contribution in [3.63, 3.8) is 0 Å². The predicted molar refractivity (Wildman–Crippen MR) is 93.7 cm³/mol. The molecule has 0 aromatic carbocycles. The number of carbonyl (C=O) groups is 1. The summed E-state index contributed by atoms with van der Waals surface area (Å²) in [6, 6.07) is 0. The van der Waals surface area contributed by atoms with Crippen LogP contribution in [0.1, 0.15) is 33.6 Å². The largest absolute Gasteiger partial charge is 0.490 e. The van der Waals surface area contributed by atoms with E-state index in [1.807, 2.05) is 20.8 Å². The minimum atomic E-state index is -0.479. The molecule has 4 N–H and O–H groups in total. The Morgan fingerprint density at radius 2 is 1.88 bits per heavy atom. The third-order valence-electron chi connectivity index (χ3n) is 3.80. The van der Waals surface area contributed by atoms with E-state index >= 15 is 0 Å². The molecule has 2 rings (SSSR count). The summed E-state index contributed by atoms with van der Waals surface area (Å²) in [6.07, 6.45) is 6.55. The summed E-state index contributed by atoms with van der Waals surface area (Å²) in [7, 11) is 0. The first-order valence-electron chi connectivity index (χ1n) is 8.14. The second-order valence-electron chi connectivity index (χ2n) is 7.06. The predicted octanol–water partition coefficient (Wildman–Crippen LogP) is 2.54. The maximum Gasteiger partial charge on any atom is 0.410 e. The first-order chi connectivity index (χ1) is 11.2. The third-order valence-corrected chi connectivity index (χ3v) is 3.80. The Morgan fingerprint density at radius 1 is 1.25 bits per heavy atom. The van der Waals surface area contributed by atoms with Crippen molar-refractivity contribution in [2.45, 2.75) is 45.3 Å². The number of carbonyl (C=O) groups excluding carboxylic acids is 1. The van der Waals surface area contributed by atoms with Gasteiger partial charge in [-0.15, -0.1) is 0 Å². The fourth-order valence-electron chi connectivity index (χ4n) is 2.49. The van der Waals surface area contributed by atoms with Crippen LogP contribution in [0, 0.1) is 0 Å². The van der Waals surface area contributed by atoms with Gasteiger partial charge in [-0.1, -0.05) is 6.58 Å². The highest BCUT2D eigenvalue weighted by Crippen LogP contribution is 2.22. The molecule has 0 spiro atoms. The number of ether oxygens (including phenoxy) is 2. The van der Waals surface area contributed by atoms with Gasteiger partial charge in [-0.2, -0.15) is 0 Å². The standard InChI is InChI=1S/C18H27N3O3/c1-12-11-14(5-6-15(19)16(12)20)23-13-7-9-21(10-8-13)17(22)24-18(2,3)4/h5-6,11,13H,1,7-10,19-20H2,2-4H3. The number of hydrogen-bond donors (Lipinski definition) is 2. The molecule has 0 bridgehead atoms. The van der Waals surface area contributed by atoms with Gasteiger partial charge in [-0.3, -0.25) is 0 Å². The molecule has 1 amide bonds. The van der Waals surface area contributed by atoms with Gasteiger partial charge in [0.25, 0.3) is 0 Å². The minimum absolute atomic E-state index is 0.0351. The molecule has 1 fully saturated rings. The summed E-state index contributed by atoms with van der Waals surface area (Å²) in [5.74, 6) is 0.680. The zero-order valence-corrected chi connectivity index (χ0v) is 14.7. The fraction of sp³-hybridized carbons (Fsp3) is 0.500. The molecule has 6 heteroatoms. The molecule has 0 atom stereocenters. The lowest BCUT2D eigenvalue weighted by Gasteiger charge is -2.33. The van der Waals surface area contributed by atoms with Gasteiger partial charge >= 0.3 is 6.09 Å². The van der Waals surface area contributed by atoms with Crippen LogP contribution in [-0.2, 0) is 9.47 Å². The van der Waals surface area contributed by atoms with Crippen LogP contribution < -0.4 is 11.5 Å². The summed E-state index contributed by atoms with van der Waals surface area (Å²) < 4.78 is 11.4. The van der Waals surface area contributed by atoms with Crippen molar-refractivity contribution in [3.8, 4) is 0 Å². The number of allylic oxidation sites excluding steroid dienone is 3. The van der Waals surface area contributed by atoms with Crippen molar-refractivity contribution in [2.24, 2.45) is 11.5 Å². The number of nitrogens with two attached hydrogens (primary N) is 2. The molecule has 0 saturated carbocycles. The van der Waals surface area contributed by atoms with E-state index in [0.717, 1.165) is 12.8 Å². The second-order valence-corrected chi connectivity index (χ2v) is 7.06. The summed E-state index contributed by atoms with van der Waals surface area (Å²) >= 11 is 0. The number of likely N-dealkylation sites (tertiary alicyclic amines) is 1. The van der Waals surface area contributed by atoms with E-state index in [9.17, 15) is 4.79 Å². The topological polar surface area (TPSA) is 90.8 Å². The van der Waals surface area contributed by atoms with Crippen molar-refractivity contribution >= 4 is 6.09 Å². The molecule has 24 heavy (non-hydrogen) atoms. The van der Waals surface area contributed by atoms with Crippen LogP contribution in [0.5, 0.6) is 0 Å². The molecule has 1 aliphatic carbocycles. The van der Waals surface area contributed by atoms with Gasteiger partial charge < -0.3 is 25.8 Å². The highest BCUT2D eigenvalue weighted by Gasteiger charge is 2.27. The molecule has 1 heterocycles. The number of nitrogens with zero attached hydrogens (tertiary/aromatic N) is 1. The Balaban J connectivity index is 1.88. The summed E-state index contributed by atoms with van der Waals surface area (Å²) in [4.78, 5) is 13.8. The first-order valence-corrected chi connectivity index (χ1v) is 8.14. The van der Waals surface area contributed by atoms with Crippen molar-refractivity contribution in [3.05, 3.63) is 47.5 Å². The van der Waals surface area contributed by atoms with Crippen molar-refractivity contribution in [1.29, 1.82) is 0 Å². The van der Waals surface area contributed by atoms with Gasteiger partial charge in [0, 0.05) is 25.9 Å². The average molecular weight is 333 g/mol. The van der Waals surface area contributed by atoms with Crippen LogP contribution in [0.15, 0.2) is 47.5 Å². The van der Waals surface area contributed by atoms with Crippen LogP contribution in [0.4, 0.5) is 4.79 Å². The summed E-state index contributed by atoms with van der Waals surface area (Å²) in [5.41, 5.74) is 12.8. The number of hydrogen-bond acceptors (Lipinski definition) is 5. The van der Waals surface area contributed by atoms with Crippen LogP contribution in [-0.4, -0.2) is 35.8 Å². The minimum Gasteiger partial charge on any atom is -0.490 e. The zero-order chi connectivity index (χ0) is 17.9. The lowest BCUT2D eigenvalue weighted by Crippen LogP contribution is -2.43. The smallest absolute Gasteiger partial charge is 0.410 e. The second kappa shape index (κ2) is 7.03. The first kappa shape index (κ1) is 18.0. The van der Waals surface area contributed by atoms with Crippen LogP contribution in [0.3, 0.4) is 0 Å². The highest BCUT2D eigenvalue weighted by atomic mass is 16.6. The molecule has 0 aromatic rings. The van der Waals surface area contributed by atoms with E-state index in [2.05, 4.69) is 6.58 Å². The Kier molecular flexibility index (Phi) is 5.26. The lowest BCUT2D eigenvalue weighted by atomic mass is 10.1. The van der Waals surface area contributed by atoms with E-state index in [-0.39, 0.29) is 12.2 Å². The molecule has 6 nitrogen and oxygen atoms in total. The lowest BCUT2D eigenvalue weighted by molar-refractivity contribution is 0.00557. The van der Waals surface area contributed by atoms with E-state index in [4.69, 9.17) is 20.9 Å². The molecule has 0 unspecified atom stereocenters. The molecule has 1 saturated heterocycles. The quantitative estimate of drug-likeness (QED) is 0.810. The van der Waals surface area contributed by atoms with Crippen molar-refractivity contribution in [1.82, 2.24) is 4.90 Å². The van der Waals surface area contributed by atoms with E-state index in [0.29, 0.717) is 35.8 Å². The third kappa shape index (κ3) is 4.81. The fourth-order valence-corrected chi connectivity index (χ4v) is 2.49. The van der Waals surface area contributed by atoms with Crippen molar-refractivity contribution < 1.29 is 14.3 Å². The van der Waals surface area contributed by atoms with Gasteiger partial charge in [0.2, 0.25) is 0 Å². The van der Waals surface area contributed by atoms with Gasteiger partial charge in [0.15, 0.2) is 0 Å². The van der Waals surface area contributed by atoms with Gasteiger partial charge in [-0.05, 0) is 44.6 Å². The number of amides is 1. The number of rotatable bonds is 2. The normalized spacial score (nSPS) is 19.9. The SMILES string of the molecule is C=C1C=C(OC2CCN(C(=O)OC(C)(C)C)CC2)C=CC(N)=C1N. The summed E-state index contributed by atoms with van der Waals surface area (Å²) in [5, 5.41) is 0. The molecule has 0 radical (unpaired) electrons. The molecule has 0 aromatic heterocycles. The van der Waals surface area contributed by atoms with E-state index < -0.39 is 5.60 Å². The Hall–Kier alpha value is -2.37. The molecule has 2 aliphatic rings. The Bertz CT molecular complexity index is 603.